The summed E-state index contributed by atoms with van der Waals surface area (Å²) in [4.78, 5) is 28.6. The van der Waals surface area contributed by atoms with E-state index in [1.807, 2.05) is 6.92 Å². The largest absolute Gasteiger partial charge is 0.872 e. The summed E-state index contributed by atoms with van der Waals surface area (Å²) in [5, 5.41) is 13.3. The molecule has 2 aliphatic rings. The van der Waals surface area contributed by atoms with E-state index in [0.717, 1.165) is 18.7 Å². The highest BCUT2D eigenvalue weighted by Crippen LogP contribution is 2.38. The molecule has 0 aliphatic carbocycles. The second kappa shape index (κ2) is 8.99. The van der Waals surface area contributed by atoms with Crippen LogP contribution >= 0.6 is 0 Å². The van der Waals surface area contributed by atoms with Crippen LogP contribution in [0.4, 0.5) is 4.39 Å². The normalized spacial score (nSPS) is 21.6. The fourth-order valence-corrected chi connectivity index (χ4v) is 4.17. The maximum Gasteiger partial charge on any atom is 0.295 e. The van der Waals surface area contributed by atoms with Crippen LogP contribution in [0.1, 0.15) is 22.7 Å². The van der Waals surface area contributed by atoms with E-state index < -0.39 is 29.3 Å². The van der Waals surface area contributed by atoms with Crippen molar-refractivity contribution in [1.29, 1.82) is 0 Å². The molecule has 2 heterocycles. The minimum Gasteiger partial charge on any atom is -0.872 e. The monoisotopic (exact) mass is 424 g/mol. The molecule has 0 saturated carbocycles. The van der Waals surface area contributed by atoms with Gasteiger partial charge in [-0.05, 0) is 30.2 Å². The number of quaternary nitrogens is 1. The number of carbonyl (C=O) groups is 2. The van der Waals surface area contributed by atoms with Crippen molar-refractivity contribution in [2.24, 2.45) is 0 Å². The number of rotatable bonds is 5. The number of amides is 1. The highest BCUT2D eigenvalue weighted by Gasteiger charge is 2.44. The molecule has 1 N–H and O–H groups in total. The molecule has 1 amide bonds. The van der Waals surface area contributed by atoms with E-state index in [-0.39, 0.29) is 5.57 Å². The summed E-state index contributed by atoms with van der Waals surface area (Å²) in [5.74, 6) is -2.49. The highest BCUT2D eigenvalue weighted by atomic mass is 19.1. The van der Waals surface area contributed by atoms with Crippen molar-refractivity contribution in [3.63, 3.8) is 0 Å². The molecule has 162 valence electrons. The molecule has 0 bridgehead atoms. The van der Waals surface area contributed by atoms with Gasteiger partial charge in [-0.2, -0.15) is 0 Å². The van der Waals surface area contributed by atoms with E-state index in [9.17, 15) is 19.1 Å². The number of halogens is 1. The van der Waals surface area contributed by atoms with Gasteiger partial charge in [0.2, 0.25) is 5.78 Å². The molecule has 7 heteroatoms. The molecule has 2 saturated heterocycles. The van der Waals surface area contributed by atoms with Crippen molar-refractivity contribution >= 4 is 17.4 Å². The SMILES string of the molecule is Cc1ccc(C([O-])=C2C(=O)C(=O)N(CC[NH+]3CCOCC3)C2c2cccc(F)c2)cc1. The lowest BCUT2D eigenvalue weighted by Gasteiger charge is -2.30. The molecule has 2 aromatic carbocycles. The number of benzene rings is 2. The summed E-state index contributed by atoms with van der Waals surface area (Å²) in [5.41, 5.74) is 1.62. The van der Waals surface area contributed by atoms with E-state index >= 15 is 0 Å². The summed E-state index contributed by atoms with van der Waals surface area (Å²) in [6.45, 7) is 5.76. The number of likely N-dealkylation sites (tertiary alicyclic amines) is 1. The Morgan fingerprint density at radius 3 is 2.55 bits per heavy atom. The Morgan fingerprint density at radius 2 is 1.87 bits per heavy atom. The van der Waals surface area contributed by atoms with E-state index in [2.05, 4.69) is 0 Å². The van der Waals surface area contributed by atoms with E-state index in [0.29, 0.717) is 37.4 Å². The second-order valence-electron chi connectivity index (χ2n) is 8.01. The van der Waals surface area contributed by atoms with Gasteiger partial charge in [0.25, 0.3) is 5.91 Å². The Labute approximate surface area is 180 Å². The first kappa shape index (κ1) is 21.2. The van der Waals surface area contributed by atoms with Gasteiger partial charge >= 0.3 is 0 Å². The van der Waals surface area contributed by atoms with Crippen molar-refractivity contribution in [2.75, 3.05) is 39.4 Å². The van der Waals surface area contributed by atoms with Crippen molar-refractivity contribution in [3.05, 3.63) is 76.6 Å². The summed E-state index contributed by atoms with van der Waals surface area (Å²) in [6.07, 6.45) is 0. The van der Waals surface area contributed by atoms with Crippen LogP contribution in [0.25, 0.3) is 5.76 Å². The van der Waals surface area contributed by atoms with Crippen LogP contribution in [0.5, 0.6) is 0 Å². The summed E-state index contributed by atoms with van der Waals surface area (Å²) in [6, 6.07) is 11.7. The smallest absolute Gasteiger partial charge is 0.295 e. The number of hydrogen-bond acceptors (Lipinski definition) is 4. The van der Waals surface area contributed by atoms with Crippen LogP contribution in [0.15, 0.2) is 54.1 Å². The molecule has 0 aromatic heterocycles. The van der Waals surface area contributed by atoms with Crippen LogP contribution in [0, 0.1) is 12.7 Å². The van der Waals surface area contributed by atoms with Crippen molar-refractivity contribution in [2.45, 2.75) is 13.0 Å². The maximum atomic E-state index is 14.0. The van der Waals surface area contributed by atoms with Gasteiger partial charge in [0.1, 0.15) is 18.9 Å². The van der Waals surface area contributed by atoms with E-state index in [4.69, 9.17) is 4.74 Å². The summed E-state index contributed by atoms with van der Waals surface area (Å²) >= 11 is 0. The van der Waals surface area contributed by atoms with Gasteiger partial charge in [-0.1, -0.05) is 47.7 Å². The van der Waals surface area contributed by atoms with Crippen LogP contribution < -0.4 is 10.0 Å². The van der Waals surface area contributed by atoms with Gasteiger partial charge in [-0.15, -0.1) is 0 Å². The Bertz CT molecular complexity index is 1010. The van der Waals surface area contributed by atoms with Crippen LogP contribution in [0.3, 0.4) is 0 Å². The van der Waals surface area contributed by atoms with Crippen LogP contribution in [0.2, 0.25) is 0 Å². The molecule has 2 aliphatic heterocycles. The van der Waals surface area contributed by atoms with Crippen molar-refractivity contribution in [3.8, 4) is 0 Å². The van der Waals surface area contributed by atoms with Gasteiger partial charge in [-0.3, -0.25) is 9.59 Å². The van der Waals surface area contributed by atoms with Crippen LogP contribution in [-0.4, -0.2) is 56.0 Å². The average molecular weight is 424 g/mol. The first-order valence-electron chi connectivity index (χ1n) is 10.5. The molecule has 2 aromatic rings. The molecule has 31 heavy (non-hydrogen) atoms. The lowest BCUT2D eigenvalue weighted by molar-refractivity contribution is -0.907. The number of aryl methyl sites for hydroxylation is 1. The fraction of sp³-hybridized carbons (Fsp3) is 0.333. The third-order valence-electron chi connectivity index (χ3n) is 5.91. The van der Waals surface area contributed by atoms with Gasteiger partial charge < -0.3 is 19.6 Å². The molecular weight excluding hydrogens is 399 g/mol. The minimum absolute atomic E-state index is 0.114. The van der Waals surface area contributed by atoms with Crippen molar-refractivity contribution in [1.82, 2.24) is 4.90 Å². The predicted molar refractivity (Wildman–Crippen MR) is 110 cm³/mol. The number of carbonyl (C=O) groups excluding carboxylic acids is 2. The number of ketones is 1. The Balaban J connectivity index is 1.73. The number of Topliss-reactive ketones (excluding diaryl/α,β-unsaturated/α-hetero) is 1. The van der Waals surface area contributed by atoms with Crippen molar-refractivity contribution < 1.29 is 28.7 Å². The zero-order valence-electron chi connectivity index (χ0n) is 17.4. The first-order valence-corrected chi connectivity index (χ1v) is 10.5. The lowest BCUT2D eigenvalue weighted by atomic mass is 9.95. The van der Waals surface area contributed by atoms with Gasteiger partial charge in [-0.25, -0.2) is 4.39 Å². The third kappa shape index (κ3) is 4.38. The number of morpholine rings is 1. The first-order chi connectivity index (χ1) is 15.0. The number of nitrogens with one attached hydrogen (secondary N) is 1. The molecule has 6 nitrogen and oxygen atoms in total. The molecule has 1 atom stereocenters. The quantitative estimate of drug-likeness (QED) is 0.425. The number of nitrogens with zero attached hydrogens (tertiary/aromatic N) is 1. The van der Waals surface area contributed by atoms with Crippen LogP contribution in [-0.2, 0) is 14.3 Å². The molecule has 2 fully saturated rings. The summed E-state index contributed by atoms with van der Waals surface area (Å²) in [7, 11) is 0. The van der Waals surface area contributed by atoms with E-state index in [1.165, 1.54) is 28.0 Å². The topological polar surface area (TPSA) is 74.1 Å². The number of hydrogen-bond donors (Lipinski definition) is 1. The highest BCUT2D eigenvalue weighted by molar-refractivity contribution is 6.46. The molecule has 0 radical (unpaired) electrons. The van der Waals surface area contributed by atoms with Gasteiger partial charge in [0.15, 0.2) is 0 Å². The number of ether oxygens (including phenoxy) is 1. The molecular formula is C24H25FN2O4. The van der Waals surface area contributed by atoms with Gasteiger partial charge in [0, 0.05) is 5.57 Å². The third-order valence-corrected chi connectivity index (χ3v) is 5.91. The lowest BCUT2D eigenvalue weighted by Crippen LogP contribution is -3.14. The maximum absolute atomic E-state index is 14.0. The Morgan fingerprint density at radius 1 is 1.16 bits per heavy atom. The molecule has 1 unspecified atom stereocenters. The fourth-order valence-electron chi connectivity index (χ4n) is 4.17. The Kier molecular flexibility index (Phi) is 6.15. The zero-order valence-corrected chi connectivity index (χ0v) is 17.4. The van der Waals surface area contributed by atoms with E-state index in [1.54, 1.807) is 30.3 Å². The average Bonchev–Trinajstić information content (AvgIpc) is 3.03. The summed E-state index contributed by atoms with van der Waals surface area (Å²) < 4.78 is 19.4. The molecule has 4 rings (SSSR count). The predicted octanol–water partition coefficient (Wildman–Crippen LogP) is 0.273. The molecule has 0 spiro atoms. The zero-order chi connectivity index (χ0) is 22.0. The standard InChI is InChI=1S/C24H25FN2O4/c1-16-5-7-17(8-6-16)22(28)20-21(18-3-2-4-19(25)15-18)27(24(30)23(20)29)10-9-26-11-13-31-14-12-26/h2-8,15,21,28H,9-14H2,1H3. The Hall–Kier alpha value is -3.03. The minimum atomic E-state index is -0.898. The van der Waals surface area contributed by atoms with Gasteiger partial charge in [0.05, 0.1) is 32.3 Å². The second-order valence-corrected chi connectivity index (χ2v) is 8.01.